The molecule has 0 saturated carbocycles. The van der Waals surface area contributed by atoms with Crippen molar-refractivity contribution in [1.82, 2.24) is 0 Å². The van der Waals surface area contributed by atoms with Crippen LogP contribution in [0.2, 0.25) is 10.0 Å². The van der Waals surface area contributed by atoms with Crippen LogP contribution in [0.1, 0.15) is 40.9 Å². The summed E-state index contributed by atoms with van der Waals surface area (Å²) in [7, 11) is -9.49. The number of halogens is 2. The molecule has 0 fully saturated rings. The van der Waals surface area contributed by atoms with Crippen molar-refractivity contribution in [3.63, 3.8) is 0 Å². The fourth-order valence-corrected chi connectivity index (χ4v) is 9.84. The largest absolute Gasteiger partial charge is 2.00 e. The van der Waals surface area contributed by atoms with E-state index in [1.54, 1.807) is 118 Å². The van der Waals surface area contributed by atoms with Crippen molar-refractivity contribution in [2.24, 2.45) is 25.4 Å². The zero-order chi connectivity index (χ0) is 53.5. The van der Waals surface area contributed by atoms with Gasteiger partial charge in [-0.1, -0.05) is 114 Å². The average molecular weight is 1120 g/mol. The minimum absolute atomic E-state index is 0. The molecule has 1 amide bonds. The molecule has 0 aromatic heterocycles. The number of rotatable bonds is 14. The van der Waals surface area contributed by atoms with E-state index >= 15 is 0 Å². The van der Waals surface area contributed by atoms with Crippen molar-refractivity contribution in [3.05, 3.63) is 166 Å². The number of nitrogens with zero attached hydrogens (tertiary/aromatic N) is 5. The van der Waals surface area contributed by atoms with Crippen LogP contribution in [0.5, 0.6) is 23.0 Å². The number of benzene rings is 8. The fraction of sp³-hybridized carbons (Fsp3) is 0.115. The van der Waals surface area contributed by atoms with Gasteiger partial charge in [0.2, 0.25) is 0 Å². The van der Waals surface area contributed by atoms with Crippen molar-refractivity contribution < 1.29 is 55.5 Å². The van der Waals surface area contributed by atoms with Crippen molar-refractivity contribution in [3.8, 4) is 23.0 Å². The van der Waals surface area contributed by atoms with Crippen LogP contribution in [0.25, 0.3) is 21.5 Å². The molecule has 0 aliphatic heterocycles. The maximum atomic E-state index is 13.4. The number of anilines is 1. The molecule has 0 saturated heterocycles. The van der Waals surface area contributed by atoms with Crippen molar-refractivity contribution in [1.29, 1.82) is 0 Å². The first-order valence-corrected chi connectivity index (χ1v) is 25.7. The van der Waals surface area contributed by atoms with Crippen LogP contribution >= 0.6 is 23.2 Å². The van der Waals surface area contributed by atoms with E-state index in [2.05, 4.69) is 30.8 Å². The van der Waals surface area contributed by atoms with E-state index in [-0.39, 0.29) is 87.3 Å². The molecule has 380 valence electrons. The van der Waals surface area contributed by atoms with E-state index in [0.29, 0.717) is 63.1 Å². The summed E-state index contributed by atoms with van der Waals surface area (Å²) < 4.78 is 78.3. The van der Waals surface area contributed by atoms with Gasteiger partial charge in [-0.05, 0) is 110 Å². The number of phenolic OH excluding ortho intramolecular Hbond substituents is 1. The van der Waals surface area contributed by atoms with E-state index in [0.717, 1.165) is 0 Å². The van der Waals surface area contributed by atoms with Gasteiger partial charge in [-0.15, -0.1) is 15.3 Å². The molecule has 0 atom stereocenters. The monoisotopic (exact) mass is 1120 g/mol. The number of para-hydroxylation sites is 4. The predicted molar refractivity (Wildman–Crippen MR) is 284 cm³/mol. The second-order valence-electron chi connectivity index (χ2n) is 15.8. The summed E-state index contributed by atoms with van der Waals surface area (Å²) in [6, 6.07) is 35.7. The Balaban J connectivity index is 0.000000241. The molecule has 75 heavy (non-hydrogen) atoms. The molecule has 0 heterocycles. The first kappa shape index (κ1) is 57.6. The van der Waals surface area contributed by atoms with Gasteiger partial charge in [0.1, 0.15) is 44.0 Å². The summed E-state index contributed by atoms with van der Waals surface area (Å²) in [6.45, 7) is 7.49. The Bertz CT molecular complexity index is 3830. The molecule has 8 aromatic carbocycles. The molecule has 0 aliphatic carbocycles. The number of carbonyl (C=O) groups excluding carboxylic acids is 1. The smallest absolute Gasteiger partial charge is 0.871 e. The van der Waals surface area contributed by atoms with Gasteiger partial charge in [-0.2, -0.15) is 21.9 Å². The van der Waals surface area contributed by atoms with E-state index in [1.165, 1.54) is 36.4 Å². The number of fused-ring (bicyclic) bond motifs is 2. The van der Waals surface area contributed by atoms with Gasteiger partial charge in [0.15, 0.2) is 5.75 Å². The summed E-state index contributed by atoms with van der Waals surface area (Å²) in [4.78, 5) is 16.1. The van der Waals surface area contributed by atoms with Crippen molar-refractivity contribution in [2.75, 3.05) is 18.5 Å². The van der Waals surface area contributed by atoms with Crippen molar-refractivity contribution >= 4 is 149 Å². The van der Waals surface area contributed by atoms with E-state index < -0.39 is 53.3 Å². The molecule has 8 rings (SSSR count). The van der Waals surface area contributed by atoms with Crippen LogP contribution in [0.15, 0.2) is 169 Å². The van der Waals surface area contributed by atoms with Crippen LogP contribution in [0.3, 0.4) is 0 Å². The van der Waals surface area contributed by atoms with E-state index in [1.807, 2.05) is 6.92 Å². The van der Waals surface area contributed by atoms with Crippen LogP contribution in [-0.4, -0.2) is 93.8 Å². The van der Waals surface area contributed by atoms with Gasteiger partial charge >= 0.3 is 37.7 Å². The Morgan fingerprint density at radius 1 is 0.613 bits per heavy atom. The Hall–Kier alpha value is -6.72. The maximum Gasteiger partial charge on any atom is 2.00 e. The van der Waals surface area contributed by atoms with E-state index in [4.69, 9.17) is 32.7 Å². The Labute approximate surface area is 470 Å². The summed E-state index contributed by atoms with van der Waals surface area (Å²) in [5.74, 6) is -1.80. The number of azo groups is 2. The summed E-state index contributed by atoms with van der Waals surface area (Å²) >= 11 is 12.0. The van der Waals surface area contributed by atoms with Crippen LogP contribution < -0.4 is 25.0 Å². The zero-order valence-corrected chi connectivity index (χ0v) is 45.5. The number of aromatic hydroxyl groups is 1. The quantitative estimate of drug-likeness (QED) is 0.0260. The number of amides is 1. The molecule has 0 unspecified atom stereocenters. The molecule has 23 heteroatoms. The third kappa shape index (κ3) is 13.2. The number of ether oxygens (including phenoxy) is 2. The number of hydrogen-bond donors (Lipinski definition) is 4. The standard InChI is InChI=1S/2C26H22ClN3O6S.Ca/c2*1-3-36-21-11-7-6-10-20(21)28-26(32)18-14-16-8-4-5-9-17(16)23(24(18)31)30-29-22-15(2)12-13-19(27)25(22)37(33,34)35;/h2*4-14,31H,3H2,1-2H3,(H,28,32)(H,33,34,35);/q;;+2/p-2. The Kier molecular flexibility index (Phi) is 19.0. The van der Waals surface area contributed by atoms with Crippen LogP contribution in [-0.2, 0) is 20.2 Å². The molecule has 18 nitrogen and oxygen atoms in total. The molecule has 0 radical (unpaired) electrons. The average Bonchev–Trinajstić information content (AvgIpc) is 3.35. The third-order valence-corrected chi connectivity index (χ3v) is 13.6. The molecule has 0 aliphatic rings. The molecule has 0 bridgehead atoms. The molecule has 8 aromatic rings. The number of aryl methyl sites for hydroxylation is 2. The third-order valence-electron chi connectivity index (χ3n) is 10.9. The zero-order valence-electron chi connectivity index (χ0n) is 40.1. The van der Waals surface area contributed by atoms with Gasteiger partial charge in [0, 0.05) is 10.8 Å². The van der Waals surface area contributed by atoms with Crippen molar-refractivity contribution in [2.45, 2.75) is 37.5 Å². The fourth-order valence-electron chi connectivity index (χ4n) is 7.43. The van der Waals surface area contributed by atoms with Gasteiger partial charge in [0.25, 0.3) is 26.1 Å². The summed E-state index contributed by atoms with van der Waals surface area (Å²) in [5.41, 5.74) is 0.351. The number of aliphatic imine (C=N–C) groups is 1. The van der Waals surface area contributed by atoms with Crippen LogP contribution in [0, 0.1) is 13.8 Å². The number of phenols is 1. The number of carbonyl (C=O) groups is 1. The topological polar surface area (TPSA) is 284 Å². The number of hydrogen-bond acceptors (Lipinski definition) is 15. The van der Waals surface area contributed by atoms with Gasteiger partial charge < -0.3 is 30.1 Å². The van der Waals surface area contributed by atoms with E-state index in [9.17, 15) is 46.1 Å². The normalized spacial score (nSPS) is 11.9. The second kappa shape index (κ2) is 24.7. The Morgan fingerprint density at radius 3 is 1.60 bits per heavy atom. The molecular weight excluding hydrogens is 1080 g/mol. The Morgan fingerprint density at radius 2 is 1.05 bits per heavy atom. The maximum absolute atomic E-state index is 13.4. The van der Waals surface area contributed by atoms with Gasteiger partial charge in [-0.25, -0.2) is 0 Å². The minimum Gasteiger partial charge on any atom is -0.871 e. The number of nitrogens with one attached hydrogen (secondary N) is 1. The molecule has 0 spiro atoms. The second-order valence-corrected chi connectivity index (χ2v) is 19.3. The first-order valence-electron chi connectivity index (χ1n) is 22.1. The van der Waals surface area contributed by atoms with Crippen LogP contribution in [0.4, 0.5) is 34.1 Å². The van der Waals surface area contributed by atoms with Gasteiger partial charge in [-0.3, -0.25) is 18.9 Å². The summed E-state index contributed by atoms with van der Waals surface area (Å²) in [6.07, 6.45) is 0. The molecule has 4 N–H and O–H groups in total. The minimum atomic E-state index is -4.75. The molecular formula is C52H42CaCl2N6O12S2. The van der Waals surface area contributed by atoms with Gasteiger partial charge in [0.05, 0.1) is 40.2 Å². The predicted octanol–water partition coefficient (Wildman–Crippen LogP) is 11.8. The first-order chi connectivity index (χ1) is 35.2. The summed E-state index contributed by atoms with van der Waals surface area (Å²) in [5, 5.41) is 58.0. The SMILES string of the molecule is CCOc1ccccc1N=C([O-])c1cc2ccccc2c(N=Nc2c(C)ccc(Cl)c2S(=O)(=O)O)c1[O-].CCOc1ccccc1NC(=O)c1cc2ccccc2c(N=Nc2c(C)ccc(Cl)c2S(=O)(=O)O)c1O.[Ca+2].